The van der Waals surface area contributed by atoms with E-state index in [9.17, 15) is 4.79 Å². The van der Waals surface area contributed by atoms with Gasteiger partial charge in [0.1, 0.15) is 0 Å². The van der Waals surface area contributed by atoms with E-state index in [-0.39, 0.29) is 0 Å². The predicted octanol–water partition coefficient (Wildman–Crippen LogP) is 0.592. The maximum absolute atomic E-state index is 11.7. The number of amides is 1. The molecule has 3 nitrogen and oxygen atoms in total. The number of hydrogen-bond acceptors (Lipinski definition) is 2. The molecule has 2 N–H and O–H groups in total. The maximum atomic E-state index is 11.7. The van der Waals surface area contributed by atoms with Gasteiger partial charge in [0, 0.05) is 25.6 Å². The van der Waals surface area contributed by atoms with E-state index in [1.165, 1.54) is 12.8 Å². The van der Waals surface area contributed by atoms with Gasteiger partial charge < -0.3 is 10.6 Å². The van der Waals surface area contributed by atoms with Crippen LogP contribution in [0.25, 0.3) is 0 Å². The van der Waals surface area contributed by atoms with Crippen molar-refractivity contribution < 1.29 is 4.79 Å². The van der Waals surface area contributed by atoms with Gasteiger partial charge in [0.15, 0.2) is 0 Å². The van der Waals surface area contributed by atoms with E-state index >= 15 is 0 Å². The number of rotatable bonds is 4. The first-order chi connectivity index (χ1) is 6.24. The highest BCUT2D eigenvalue weighted by Crippen LogP contribution is 2.37. The number of likely N-dealkylation sites (N-methyl/N-ethyl adjacent to an activating group) is 1. The van der Waals surface area contributed by atoms with Gasteiger partial charge in [0.05, 0.1) is 0 Å². The van der Waals surface area contributed by atoms with Crippen molar-refractivity contribution in [3.05, 3.63) is 0 Å². The largest absolute Gasteiger partial charge is 0.341 e. The molecule has 0 spiro atoms. The van der Waals surface area contributed by atoms with E-state index in [2.05, 4.69) is 0 Å². The van der Waals surface area contributed by atoms with Crippen molar-refractivity contribution in [2.45, 2.75) is 31.7 Å². The Bertz CT molecular complexity index is 209. The van der Waals surface area contributed by atoms with E-state index in [0.29, 0.717) is 30.3 Å². The van der Waals surface area contributed by atoms with Crippen molar-refractivity contribution in [3.8, 4) is 0 Å². The van der Waals surface area contributed by atoms with E-state index < -0.39 is 0 Å². The summed E-state index contributed by atoms with van der Waals surface area (Å²) in [6.07, 6.45) is 4.69. The van der Waals surface area contributed by atoms with Crippen LogP contribution in [0.4, 0.5) is 0 Å². The molecule has 0 radical (unpaired) electrons. The van der Waals surface area contributed by atoms with E-state index in [4.69, 9.17) is 5.73 Å². The van der Waals surface area contributed by atoms with Gasteiger partial charge in [-0.05, 0) is 31.6 Å². The molecule has 0 aromatic rings. The molecule has 74 valence electrons. The molecule has 2 aliphatic rings. The van der Waals surface area contributed by atoms with Gasteiger partial charge in [-0.15, -0.1) is 0 Å². The Balaban J connectivity index is 1.91. The Labute approximate surface area is 79.3 Å². The third-order valence-electron chi connectivity index (χ3n) is 3.18. The molecular weight excluding hydrogens is 164 g/mol. The number of nitrogens with two attached hydrogens (primary N) is 1. The summed E-state index contributed by atoms with van der Waals surface area (Å²) in [5.41, 5.74) is 5.68. The molecule has 1 atom stereocenters. The predicted molar refractivity (Wildman–Crippen MR) is 51.1 cm³/mol. The highest BCUT2D eigenvalue weighted by molar-refractivity contribution is 5.81. The van der Waals surface area contributed by atoms with Crippen molar-refractivity contribution >= 4 is 5.91 Å². The lowest BCUT2D eigenvalue weighted by Crippen LogP contribution is -2.43. The maximum Gasteiger partial charge on any atom is 0.225 e. The third-order valence-corrected chi connectivity index (χ3v) is 3.18. The minimum atomic E-state index is 0.313. The van der Waals surface area contributed by atoms with Crippen LogP contribution in [0.5, 0.6) is 0 Å². The Morgan fingerprint density at radius 3 is 2.46 bits per heavy atom. The van der Waals surface area contributed by atoms with Crippen LogP contribution in [0.3, 0.4) is 0 Å². The molecule has 0 saturated heterocycles. The molecule has 2 fully saturated rings. The number of carbonyl (C=O) groups is 1. The van der Waals surface area contributed by atoms with Crippen LogP contribution >= 0.6 is 0 Å². The standard InChI is InChI=1S/C10H18N2O/c1-12(10(13)8-4-5-8)9(6-11)7-2-3-7/h7-9H,2-6,11H2,1H3. The van der Waals surface area contributed by atoms with Crippen LogP contribution in [0.2, 0.25) is 0 Å². The average molecular weight is 182 g/mol. The topological polar surface area (TPSA) is 46.3 Å². The summed E-state index contributed by atoms with van der Waals surface area (Å²) >= 11 is 0. The minimum absolute atomic E-state index is 0.313. The molecule has 0 heterocycles. The molecule has 2 rings (SSSR count). The average Bonchev–Trinajstić information content (AvgIpc) is 2.96. The van der Waals surface area contributed by atoms with Gasteiger partial charge >= 0.3 is 0 Å². The van der Waals surface area contributed by atoms with Gasteiger partial charge in [-0.2, -0.15) is 0 Å². The zero-order chi connectivity index (χ0) is 9.42. The summed E-state index contributed by atoms with van der Waals surface area (Å²) in [5, 5.41) is 0. The molecule has 1 amide bonds. The van der Waals surface area contributed by atoms with Gasteiger partial charge in [-0.3, -0.25) is 4.79 Å². The summed E-state index contributed by atoms with van der Waals surface area (Å²) in [6, 6.07) is 0.313. The van der Waals surface area contributed by atoms with Crippen LogP contribution in [-0.2, 0) is 4.79 Å². The number of carbonyl (C=O) groups excluding carboxylic acids is 1. The first-order valence-electron chi connectivity index (χ1n) is 5.20. The fourth-order valence-corrected chi connectivity index (χ4v) is 1.93. The van der Waals surface area contributed by atoms with E-state index in [1.54, 1.807) is 0 Å². The molecule has 13 heavy (non-hydrogen) atoms. The van der Waals surface area contributed by atoms with Crippen LogP contribution in [0, 0.1) is 11.8 Å². The van der Waals surface area contributed by atoms with E-state index in [0.717, 1.165) is 12.8 Å². The Morgan fingerprint density at radius 1 is 1.46 bits per heavy atom. The molecule has 0 bridgehead atoms. The molecule has 3 heteroatoms. The van der Waals surface area contributed by atoms with Crippen LogP contribution in [0.1, 0.15) is 25.7 Å². The van der Waals surface area contributed by atoms with Gasteiger partial charge in [0.2, 0.25) is 5.91 Å². The first kappa shape index (κ1) is 9.00. The van der Waals surface area contributed by atoms with Gasteiger partial charge in [-0.1, -0.05) is 0 Å². The second-order valence-electron chi connectivity index (χ2n) is 4.36. The molecule has 0 aliphatic heterocycles. The van der Waals surface area contributed by atoms with Crippen LogP contribution in [-0.4, -0.2) is 30.4 Å². The molecule has 0 aromatic carbocycles. The zero-order valence-corrected chi connectivity index (χ0v) is 8.20. The van der Waals surface area contributed by atoms with Crippen molar-refractivity contribution in [2.75, 3.05) is 13.6 Å². The van der Waals surface area contributed by atoms with Gasteiger partial charge in [0.25, 0.3) is 0 Å². The van der Waals surface area contributed by atoms with Crippen molar-refractivity contribution in [1.82, 2.24) is 4.90 Å². The van der Waals surface area contributed by atoms with Crippen molar-refractivity contribution in [2.24, 2.45) is 17.6 Å². The summed E-state index contributed by atoms with van der Waals surface area (Å²) in [5.74, 6) is 1.35. The Morgan fingerprint density at radius 2 is 2.08 bits per heavy atom. The number of nitrogens with zero attached hydrogens (tertiary/aromatic N) is 1. The fraction of sp³-hybridized carbons (Fsp3) is 0.900. The summed E-state index contributed by atoms with van der Waals surface area (Å²) in [6.45, 7) is 0.625. The lowest BCUT2D eigenvalue weighted by atomic mass is 10.1. The highest BCUT2D eigenvalue weighted by Gasteiger charge is 2.39. The highest BCUT2D eigenvalue weighted by atomic mass is 16.2. The summed E-state index contributed by atoms with van der Waals surface area (Å²) in [4.78, 5) is 13.6. The normalized spacial score (nSPS) is 24.2. The molecular formula is C10H18N2O. The Kier molecular flexibility index (Phi) is 2.28. The second kappa shape index (κ2) is 3.29. The first-order valence-corrected chi connectivity index (χ1v) is 5.20. The second-order valence-corrected chi connectivity index (χ2v) is 4.36. The third kappa shape index (κ3) is 1.85. The smallest absolute Gasteiger partial charge is 0.225 e. The molecule has 1 unspecified atom stereocenters. The zero-order valence-electron chi connectivity index (χ0n) is 8.20. The van der Waals surface area contributed by atoms with Crippen molar-refractivity contribution in [1.29, 1.82) is 0 Å². The summed E-state index contributed by atoms with van der Waals surface area (Å²) < 4.78 is 0. The minimum Gasteiger partial charge on any atom is -0.341 e. The van der Waals surface area contributed by atoms with Crippen LogP contribution in [0.15, 0.2) is 0 Å². The molecule has 0 aromatic heterocycles. The summed E-state index contributed by atoms with van der Waals surface area (Å²) in [7, 11) is 1.91. The number of hydrogen-bond donors (Lipinski definition) is 1. The molecule has 2 aliphatic carbocycles. The van der Waals surface area contributed by atoms with Crippen LogP contribution < -0.4 is 5.73 Å². The quantitative estimate of drug-likeness (QED) is 0.691. The van der Waals surface area contributed by atoms with Gasteiger partial charge in [-0.25, -0.2) is 0 Å². The molecule has 2 saturated carbocycles. The lowest BCUT2D eigenvalue weighted by Gasteiger charge is -2.27. The lowest BCUT2D eigenvalue weighted by molar-refractivity contribution is -0.133. The fourth-order valence-electron chi connectivity index (χ4n) is 1.93. The van der Waals surface area contributed by atoms with Crippen molar-refractivity contribution in [3.63, 3.8) is 0 Å². The monoisotopic (exact) mass is 182 g/mol. The van der Waals surface area contributed by atoms with E-state index in [1.807, 2.05) is 11.9 Å². The SMILES string of the molecule is CN(C(=O)C1CC1)C(CN)C1CC1. The Hall–Kier alpha value is -0.570.